The molecule has 0 saturated heterocycles. The van der Waals surface area contributed by atoms with Crippen molar-refractivity contribution in [3.05, 3.63) is 38.9 Å². The van der Waals surface area contributed by atoms with Gasteiger partial charge in [-0.1, -0.05) is 0 Å². The lowest BCUT2D eigenvalue weighted by atomic mass is 10.1. The van der Waals surface area contributed by atoms with Crippen LogP contribution in [0.3, 0.4) is 0 Å². The maximum atomic E-state index is 13.3. The van der Waals surface area contributed by atoms with Crippen molar-refractivity contribution in [3.8, 4) is 0 Å². The number of benzene rings is 1. The zero-order valence-electron chi connectivity index (χ0n) is 9.00. The zero-order valence-corrected chi connectivity index (χ0v) is 9.00. The average molecular weight is 281 g/mol. The summed E-state index contributed by atoms with van der Waals surface area (Å²) in [6.45, 7) is 0.692. The van der Waals surface area contributed by atoms with Crippen LogP contribution in [0.15, 0.2) is 0 Å². The van der Waals surface area contributed by atoms with Gasteiger partial charge < -0.3 is 4.74 Å². The fraction of sp³-hybridized carbons (Fsp3) is 0.111. The van der Waals surface area contributed by atoms with Crippen LogP contribution in [0.2, 0.25) is 0 Å². The molecule has 0 aromatic heterocycles. The van der Waals surface area contributed by atoms with Crippen LogP contribution >= 0.6 is 0 Å². The van der Waals surface area contributed by atoms with Gasteiger partial charge in [0.1, 0.15) is 0 Å². The predicted octanol–water partition coefficient (Wildman–Crippen LogP) is 1.85. The van der Waals surface area contributed by atoms with Crippen LogP contribution in [-0.4, -0.2) is 16.9 Å². The van der Waals surface area contributed by atoms with Gasteiger partial charge in [-0.25, -0.2) is 18.0 Å². The molecule has 1 aromatic rings. The van der Waals surface area contributed by atoms with Crippen molar-refractivity contribution in [2.24, 2.45) is 0 Å². The number of esters is 2. The molecule has 0 bridgehead atoms. The number of carbonyl (C=O) groups excluding carboxylic acids is 2. The second-order valence-electron chi connectivity index (χ2n) is 3.12. The molecule has 0 radical (unpaired) electrons. The van der Waals surface area contributed by atoms with Gasteiger partial charge in [0.05, 0.1) is 4.92 Å². The van der Waals surface area contributed by atoms with Crippen molar-refractivity contribution < 1.29 is 36.8 Å². The maximum Gasteiger partial charge on any atom is 0.356 e. The number of ether oxygens (including phenoxy) is 1. The smallest absolute Gasteiger partial charge is 0.356 e. The number of nitro groups is 1. The van der Waals surface area contributed by atoms with Crippen molar-refractivity contribution in [2.75, 3.05) is 0 Å². The third-order valence-corrected chi connectivity index (χ3v) is 1.87. The Labute approximate surface area is 101 Å². The molecule has 0 heterocycles. The van der Waals surface area contributed by atoms with Crippen molar-refractivity contribution in [1.29, 1.82) is 0 Å². The van der Waals surface area contributed by atoms with Gasteiger partial charge in [-0.3, -0.25) is 14.9 Å². The van der Waals surface area contributed by atoms with Gasteiger partial charge in [0.25, 0.3) is 0 Å². The largest absolute Gasteiger partial charge is 0.389 e. The van der Waals surface area contributed by atoms with E-state index >= 15 is 0 Å². The van der Waals surface area contributed by atoms with Gasteiger partial charge in [-0.15, -0.1) is 0 Å². The minimum atomic E-state index is -2.46. The summed E-state index contributed by atoms with van der Waals surface area (Å²) < 4.78 is 55.9. The highest BCUT2D eigenvalue weighted by atomic mass is 19.2. The van der Waals surface area contributed by atoms with E-state index in [9.17, 15) is 37.3 Å². The first-order valence-electron chi connectivity index (χ1n) is 4.41. The van der Waals surface area contributed by atoms with Gasteiger partial charge in [-0.2, -0.15) is 4.39 Å². The van der Waals surface area contributed by atoms with E-state index in [1.807, 2.05) is 0 Å². The second-order valence-corrected chi connectivity index (χ2v) is 3.12. The predicted molar refractivity (Wildman–Crippen MR) is 49.0 cm³/mol. The molecule has 1 rings (SSSR count). The van der Waals surface area contributed by atoms with Gasteiger partial charge in [0.15, 0.2) is 17.2 Å². The van der Waals surface area contributed by atoms with E-state index in [1.165, 1.54) is 0 Å². The quantitative estimate of drug-likeness (QED) is 0.157. The lowest BCUT2D eigenvalue weighted by molar-refractivity contribution is -0.388. The first-order valence-corrected chi connectivity index (χ1v) is 4.41. The van der Waals surface area contributed by atoms with E-state index in [-0.39, 0.29) is 0 Å². The summed E-state index contributed by atoms with van der Waals surface area (Å²) in [7, 11) is 0. The highest BCUT2D eigenvalue weighted by Gasteiger charge is 2.37. The Kier molecular flexibility index (Phi) is 3.83. The molecule has 0 spiro atoms. The van der Waals surface area contributed by atoms with Crippen LogP contribution in [0.5, 0.6) is 0 Å². The molecule has 0 unspecified atom stereocenters. The van der Waals surface area contributed by atoms with Crippen molar-refractivity contribution in [2.45, 2.75) is 6.92 Å². The first kappa shape index (κ1) is 14.5. The molecule has 10 heteroatoms. The van der Waals surface area contributed by atoms with E-state index in [2.05, 4.69) is 4.74 Å². The molecule has 0 atom stereocenters. The molecule has 1 aromatic carbocycles. The SMILES string of the molecule is CC(=O)OC(=O)c1c(F)c(F)c(F)c(F)c1[N+](=O)[O-]. The topological polar surface area (TPSA) is 86.5 Å². The monoisotopic (exact) mass is 281 g/mol. The van der Waals surface area contributed by atoms with Crippen molar-refractivity contribution in [1.82, 2.24) is 0 Å². The Bertz CT molecular complexity index is 601. The van der Waals surface area contributed by atoms with Crippen LogP contribution in [0, 0.1) is 33.4 Å². The standard InChI is InChI=1S/C9H3F4NO5/c1-2(15)19-9(16)3-4(10)5(11)6(12)7(13)8(3)14(17)18/h1H3. The third kappa shape index (κ3) is 2.51. The van der Waals surface area contributed by atoms with Crippen LogP contribution in [0.25, 0.3) is 0 Å². The van der Waals surface area contributed by atoms with Crippen molar-refractivity contribution in [3.63, 3.8) is 0 Å². The molecule has 0 amide bonds. The second kappa shape index (κ2) is 5.00. The number of rotatable bonds is 2. The Morgan fingerprint density at radius 2 is 1.53 bits per heavy atom. The molecule has 6 nitrogen and oxygen atoms in total. The molecular weight excluding hydrogens is 278 g/mol. The molecular formula is C9H3F4NO5. The van der Waals surface area contributed by atoms with E-state index in [0.29, 0.717) is 6.92 Å². The summed E-state index contributed by atoms with van der Waals surface area (Å²) in [4.78, 5) is 30.5. The fourth-order valence-corrected chi connectivity index (χ4v) is 1.16. The average Bonchev–Trinajstić information content (AvgIpc) is 2.29. The van der Waals surface area contributed by atoms with Crippen LogP contribution in [0.1, 0.15) is 17.3 Å². The lowest BCUT2D eigenvalue weighted by Gasteiger charge is -2.06. The Morgan fingerprint density at radius 1 is 1.05 bits per heavy atom. The lowest BCUT2D eigenvalue weighted by Crippen LogP contribution is -2.17. The highest BCUT2D eigenvalue weighted by molar-refractivity contribution is 5.99. The highest BCUT2D eigenvalue weighted by Crippen LogP contribution is 2.30. The molecule has 0 aliphatic carbocycles. The number of halogens is 4. The maximum absolute atomic E-state index is 13.3. The third-order valence-electron chi connectivity index (χ3n) is 1.87. The summed E-state index contributed by atoms with van der Waals surface area (Å²) in [5.74, 6) is -12.9. The summed E-state index contributed by atoms with van der Waals surface area (Å²) in [5, 5.41) is 10.5. The van der Waals surface area contributed by atoms with Crippen LogP contribution in [-0.2, 0) is 9.53 Å². The summed E-state index contributed by atoms with van der Waals surface area (Å²) >= 11 is 0. The summed E-state index contributed by atoms with van der Waals surface area (Å²) in [6.07, 6.45) is 0. The number of nitrogens with zero attached hydrogens (tertiary/aromatic N) is 1. The zero-order chi connectivity index (χ0) is 14.9. The Balaban J connectivity index is 3.66. The summed E-state index contributed by atoms with van der Waals surface area (Å²) in [5.41, 5.74) is -3.76. The molecule has 102 valence electrons. The molecule has 0 saturated carbocycles. The molecule has 0 fully saturated rings. The van der Waals surface area contributed by atoms with Gasteiger partial charge >= 0.3 is 17.6 Å². The molecule has 0 N–H and O–H groups in total. The van der Waals surface area contributed by atoms with Gasteiger partial charge in [0, 0.05) is 6.92 Å². The molecule has 0 aliphatic rings. The molecule has 19 heavy (non-hydrogen) atoms. The van der Waals surface area contributed by atoms with E-state index in [0.717, 1.165) is 0 Å². The number of carbonyl (C=O) groups is 2. The van der Waals surface area contributed by atoms with E-state index in [1.54, 1.807) is 0 Å². The minimum Gasteiger partial charge on any atom is -0.389 e. The van der Waals surface area contributed by atoms with E-state index < -0.39 is 51.4 Å². The normalized spacial score (nSPS) is 10.2. The summed E-state index contributed by atoms with van der Waals surface area (Å²) in [6, 6.07) is 0. The molecule has 0 aliphatic heterocycles. The van der Waals surface area contributed by atoms with E-state index in [4.69, 9.17) is 0 Å². The minimum absolute atomic E-state index is 0.692. The van der Waals surface area contributed by atoms with Crippen LogP contribution < -0.4 is 0 Å². The first-order chi connectivity index (χ1) is 8.68. The number of hydrogen-bond donors (Lipinski definition) is 0. The van der Waals surface area contributed by atoms with Gasteiger partial charge in [0.2, 0.25) is 11.6 Å². The van der Waals surface area contributed by atoms with Crippen LogP contribution in [0.4, 0.5) is 23.2 Å². The fourth-order valence-electron chi connectivity index (χ4n) is 1.16. The number of nitro benzene ring substituents is 1. The Morgan fingerprint density at radius 3 is 1.95 bits per heavy atom. The van der Waals surface area contributed by atoms with Crippen molar-refractivity contribution >= 4 is 17.6 Å². The Hall–Kier alpha value is -2.52. The number of hydrogen-bond acceptors (Lipinski definition) is 5. The van der Waals surface area contributed by atoms with Gasteiger partial charge in [-0.05, 0) is 0 Å².